The maximum Gasteiger partial charge on any atom is 0.0499 e. The van der Waals surface area contributed by atoms with Crippen LogP contribution in [0.4, 0.5) is 0 Å². The van der Waals surface area contributed by atoms with Gasteiger partial charge in [0.15, 0.2) is 0 Å². The van der Waals surface area contributed by atoms with E-state index in [0.717, 1.165) is 25.9 Å². The van der Waals surface area contributed by atoms with Gasteiger partial charge in [0.2, 0.25) is 0 Å². The predicted molar refractivity (Wildman–Crippen MR) is 73.2 cm³/mol. The summed E-state index contributed by atoms with van der Waals surface area (Å²) >= 11 is 0. The molecule has 0 spiro atoms. The van der Waals surface area contributed by atoms with Crippen LogP contribution in [0.5, 0.6) is 0 Å². The lowest BCUT2D eigenvalue weighted by Crippen LogP contribution is -2.46. The van der Waals surface area contributed by atoms with Gasteiger partial charge in [-0.05, 0) is 39.3 Å². The van der Waals surface area contributed by atoms with Gasteiger partial charge in [0.05, 0.1) is 0 Å². The minimum absolute atomic E-state index is 0.0905. The zero-order valence-corrected chi connectivity index (χ0v) is 11.8. The fourth-order valence-corrected chi connectivity index (χ4v) is 2.69. The van der Waals surface area contributed by atoms with Gasteiger partial charge in [0.1, 0.15) is 0 Å². The van der Waals surface area contributed by atoms with Crippen LogP contribution in [0.1, 0.15) is 46.0 Å². The summed E-state index contributed by atoms with van der Waals surface area (Å²) in [7, 11) is 2.23. The Kier molecular flexibility index (Phi) is 6.45. The number of piperidine rings is 1. The first-order valence-electron chi connectivity index (χ1n) is 7.19. The molecule has 1 fully saturated rings. The van der Waals surface area contributed by atoms with E-state index in [9.17, 15) is 5.11 Å². The minimum Gasteiger partial charge on any atom is -0.396 e. The van der Waals surface area contributed by atoms with E-state index in [-0.39, 0.29) is 5.41 Å². The molecule has 3 nitrogen and oxygen atoms in total. The van der Waals surface area contributed by atoms with Crippen molar-refractivity contribution in [1.82, 2.24) is 10.2 Å². The van der Waals surface area contributed by atoms with E-state index in [1.165, 1.54) is 25.8 Å². The van der Waals surface area contributed by atoms with Crippen molar-refractivity contribution >= 4 is 0 Å². The third-order valence-electron chi connectivity index (χ3n) is 4.64. The Morgan fingerprint density at radius 2 is 2.00 bits per heavy atom. The number of aliphatic hydroxyl groups excluding tert-OH is 1. The highest BCUT2D eigenvalue weighted by atomic mass is 16.3. The maximum absolute atomic E-state index is 9.52. The van der Waals surface area contributed by atoms with Crippen molar-refractivity contribution in [3.8, 4) is 0 Å². The average molecular weight is 242 g/mol. The number of aliphatic hydroxyl groups is 1. The van der Waals surface area contributed by atoms with Gasteiger partial charge in [-0.3, -0.25) is 0 Å². The Hall–Kier alpha value is -0.120. The van der Waals surface area contributed by atoms with Crippen molar-refractivity contribution in [2.45, 2.75) is 52.0 Å². The molecule has 1 aliphatic rings. The Labute approximate surface area is 107 Å². The average Bonchev–Trinajstić information content (AvgIpc) is 2.37. The molecule has 0 saturated carbocycles. The second-order valence-electron chi connectivity index (χ2n) is 5.63. The molecule has 1 heterocycles. The number of likely N-dealkylation sites (tertiary alicyclic amines) is 1. The molecule has 1 atom stereocenters. The standard InChI is InChI=1S/C14H30N2O/c1-4-14(5-2,12-17)11-15-10-13-8-6-7-9-16(13)3/h13,15,17H,4-12H2,1-3H3. The van der Waals surface area contributed by atoms with Gasteiger partial charge in [-0.25, -0.2) is 0 Å². The first kappa shape index (κ1) is 14.9. The lowest BCUT2D eigenvalue weighted by Gasteiger charge is -2.35. The van der Waals surface area contributed by atoms with Crippen molar-refractivity contribution in [1.29, 1.82) is 0 Å². The molecular formula is C14H30N2O. The number of hydrogen-bond donors (Lipinski definition) is 2. The SMILES string of the molecule is CCC(CC)(CO)CNCC1CCCCN1C. The predicted octanol–water partition coefficient (Wildman–Crippen LogP) is 1.86. The molecule has 1 saturated heterocycles. The van der Waals surface area contributed by atoms with Crippen LogP contribution in [0.25, 0.3) is 0 Å². The van der Waals surface area contributed by atoms with Crippen LogP contribution >= 0.6 is 0 Å². The number of likely N-dealkylation sites (N-methyl/N-ethyl adjacent to an activating group) is 1. The second-order valence-corrected chi connectivity index (χ2v) is 5.63. The first-order valence-corrected chi connectivity index (χ1v) is 7.19. The van der Waals surface area contributed by atoms with Crippen LogP contribution in [-0.4, -0.2) is 49.3 Å². The molecule has 3 heteroatoms. The molecule has 0 radical (unpaired) electrons. The molecule has 1 unspecified atom stereocenters. The molecule has 0 amide bonds. The molecule has 0 aromatic rings. The van der Waals surface area contributed by atoms with Crippen LogP contribution < -0.4 is 5.32 Å². The van der Waals surface area contributed by atoms with E-state index in [1.54, 1.807) is 0 Å². The fraction of sp³-hybridized carbons (Fsp3) is 1.00. The molecule has 0 aromatic heterocycles. The summed E-state index contributed by atoms with van der Waals surface area (Å²) in [5, 5.41) is 13.1. The third-order valence-corrected chi connectivity index (χ3v) is 4.64. The van der Waals surface area contributed by atoms with Crippen LogP contribution in [-0.2, 0) is 0 Å². The molecule has 17 heavy (non-hydrogen) atoms. The van der Waals surface area contributed by atoms with Gasteiger partial charge in [0, 0.05) is 31.2 Å². The summed E-state index contributed by atoms with van der Waals surface area (Å²) in [6.45, 7) is 7.90. The van der Waals surface area contributed by atoms with Gasteiger partial charge in [-0.1, -0.05) is 20.3 Å². The van der Waals surface area contributed by atoms with Gasteiger partial charge >= 0.3 is 0 Å². The molecular weight excluding hydrogens is 212 g/mol. The highest BCUT2D eigenvalue weighted by Crippen LogP contribution is 2.24. The van der Waals surface area contributed by atoms with E-state index < -0.39 is 0 Å². The first-order chi connectivity index (χ1) is 8.17. The van der Waals surface area contributed by atoms with Crippen LogP contribution in [0, 0.1) is 5.41 Å². The summed E-state index contributed by atoms with van der Waals surface area (Å²) in [6.07, 6.45) is 6.12. The highest BCUT2D eigenvalue weighted by molar-refractivity contribution is 4.81. The Morgan fingerprint density at radius 3 is 2.53 bits per heavy atom. The summed E-state index contributed by atoms with van der Waals surface area (Å²) in [4.78, 5) is 2.47. The van der Waals surface area contributed by atoms with Crippen molar-refractivity contribution in [3.63, 3.8) is 0 Å². The molecule has 0 aromatic carbocycles. The molecule has 2 N–H and O–H groups in total. The Balaban J connectivity index is 2.30. The van der Waals surface area contributed by atoms with Gasteiger partial charge in [-0.15, -0.1) is 0 Å². The summed E-state index contributed by atoms with van der Waals surface area (Å²) in [6, 6.07) is 0.689. The topological polar surface area (TPSA) is 35.5 Å². The van der Waals surface area contributed by atoms with Gasteiger partial charge in [-0.2, -0.15) is 0 Å². The van der Waals surface area contributed by atoms with E-state index in [4.69, 9.17) is 0 Å². The monoisotopic (exact) mass is 242 g/mol. The highest BCUT2D eigenvalue weighted by Gasteiger charge is 2.25. The van der Waals surface area contributed by atoms with Crippen molar-refractivity contribution in [3.05, 3.63) is 0 Å². The zero-order valence-electron chi connectivity index (χ0n) is 11.8. The largest absolute Gasteiger partial charge is 0.396 e. The van der Waals surface area contributed by atoms with E-state index >= 15 is 0 Å². The van der Waals surface area contributed by atoms with Crippen molar-refractivity contribution in [2.24, 2.45) is 5.41 Å². The zero-order chi connectivity index (χ0) is 12.7. The number of hydrogen-bond acceptors (Lipinski definition) is 3. The Bertz CT molecular complexity index is 196. The van der Waals surface area contributed by atoms with Crippen LogP contribution in [0.15, 0.2) is 0 Å². The normalized spacial score (nSPS) is 22.9. The summed E-state index contributed by atoms with van der Waals surface area (Å²) in [5.41, 5.74) is 0.0905. The van der Waals surface area contributed by atoms with Crippen LogP contribution in [0.3, 0.4) is 0 Å². The maximum atomic E-state index is 9.52. The van der Waals surface area contributed by atoms with Gasteiger partial charge in [0.25, 0.3) is 0 Å². The van der Waals surface area contributed by atoms with Gasteiger partial charge < -0.3 is 15.3 Å². The number of nitrogens with zero attached hydrogens (tertiary/aromatic N) is 1. The third kappa shape index (κ3) is 4.23. The summed E-state index contributed by atoms with van der Waals surface area (Å²) < 4.78 is 0. The summed E-state index contributed by atoms with van der Waals surface area (Å²) in [5.74, 6) is 0. The molecule has 1 aliphatic heterocycles. The minimum atomic E-state index is 0.0905. The molecule has 0 bridgehead atoms. The smallest absolute Gasteiger partial charge is 0.0499 e. The number of rotatable bonds is 7. The lowest BCUT2D eigenvalue weighted by atomic mass is 9.83. The molecule has 102 valence electrons. The van der Waals surface area contributed by atoms with E-state index in [2.05, 4.69) is 31.1 Å². The van der Waals surface area contributed by atoms with E-state index in [1.807, 2.05) is 0 Å². The number of nitrogens with one attached hydrogen (secondary N) is 1. The van der Waals surface area contributed by atoms with E-state index in [0.29, 0.717) is 12.6 Å². The second kappa shape index (κ2) is 7.34. The molecule has 0 aliphatic carbocycles. The molecule has 1 rings (SSSR count). The van der Waals surface area contributed by atoms with Crippen molar-refractivity contribution in [2.75, 3.05) is 33.3 Å². The quantitative estimate of drug-likeness (QED) is 0.715. The van der Waals surface area contributed by atoms with Crippen molar-refractivity contribution < 1.29 is 5.11 Å². The lowest BCUT2D eigenvalue weighted by molar-refractivity contribution is 0.107. The fourth-order valence-electron chi connectivity index (χ4n) is 2.69. The van der Waals surface area contributed by atoms with Crippen LogP contribution in [0.2, 0.25) is 0 Å². The Morgan fingerprint density at radius 1 is 1.29 bits per heavy atom.